The minimum Gasteiger partial charge on any atom is -0.459 e. The van der Waals surface area contributed by atoms with E-state index in [1.54, 1.807) is 0 Å². The zero-order chi connectivity index (χ0) is 25.2. The Bertz CT molecular complexity index is 1700. The van der Waals surface area contributed by atoms with Crippen molar-refractivity contribution in [3.63, 3.8) is 0 Å². The Morgan fingerprint density at radius 2 is 1.14 bits per heavy atom. The minimum absolute atomic E-state index is 0.426. The summed E-state index contributed by atoms with van der Waals surface area (Å²) < 4.78 is 20.1. The zero-order valence-corrected chi connectivity index (χ0v) is 21.5. The molecule has 1 saturated heterocycles. The first-order valence-corrected chi connectivity index (χ1v) is 13.1. The molecule has 2 heterocycles. The van der Waals surface area contributed by atoms with E-state index >= 15 is 0 Å². The molecular weight excluding hydrogens is 455 g/mol. The van der Waals surface area contributed by atoms with Gasteiger partial charge in [-0.05, 0) is 72.6 Å². The van der Waals surface area contributed by atoms with Crippen molar-refractivity contribution in [1.29, 1.82) is 0 Å². The molecule has 180 valence electrons. The Morgan fingerprint density at radius 1 is 0.568 bits per heavy atom. The highest BCUT2D eigenvalue weighted by atomic mass is 16.7. The molecule has 5 aromatic rings. The lowest BCUT2D eigenvalue weighted by atomic mass is 9.70. The van der Waals surface area contributed by atoms with Crippen LogP contribution in [0.25, 0.3) is 33.2 Å². The van der Waals surface area contributed by atoms with Crippen LogP contribution >= 0.6 is 0 Å². The lowest BCUT2D eigenvalue weighted by molar-refractivity contribution is 0.00578. The van der Waals surface area contributed by atoms with Crippen LogP contribution in [-0.4, -0.2) is 18.3 Å². The average Bonchev–Trinajstić information content (AvgIpc) is 3.56. The number of furan rings is 1. The maximum Gasteiger partial charge on any atom is 0.495 e. The monoisotopic (exact) mass is 482 g/mol. The van der Waals surface area contributed by atoms with E-state index in [9.17, 15) is 0 Å². The van der Waals surface area contributed by atoms with E-state index < -0.39 is 23.7 Å². The fourth-order valence-electron chi connectivity index (χ4n) is 6.78. The van der Waals surface area contributed by atoms with Gasteiger partial charge in [0.05, 0.1) is 11.2 Å². The van der Waals surface area contributed by atoms with Crippen LogP contribution in [0.5, 0.6) is 0 Å². The summed E-state index contributed by atoms with van der Waals surface area (Å²) >= 11 is 0. The van der Waals surface area contributed by atoms with Gasteiger partial charge in [0, 0.05) is 10.9 Å². The Balaban J connectivity index is 1.52. The molecule has 0 radical (unpaired) electrons. The summed E-state index contributed by atoms with van der Waals surface area (Å²) in [6, 6.07) is 32.5. The minimum atomic E-state index is -0.531. The summed E-state index contributed by atoms with van der Waals surface area (Å²) in [7, 11) is -0.469. The summed E-state index contributed by atoms with van der Waals surface area (Å²) in [6.45, 7) is 8.44. The van der Waals surface area contributed by atoms with E-state index in [1.807, 2.05) is 6.07 Å². The maximum absolute atomic E-state index is 6.86. The van der Waals surface area contributed by atoms with Crippen molar-refractivity contribution in [1.82, 2.24) is 0 Å². The number of rotatable bonds is 1. The van der Waals surface area contributed by atoms with Gasteiger partial charge in [-0.25, -0.2) is 0 Å². The van der Waals surface area contributed by atoms with Gasteiger partial charge in [-0.1, -0.05) is 84.9 Å². The van der Waals surface area contributed by atoms with Gasteiger partial charge in [0.15, 0.2) is 0 Å². The van der Waals surface area contributed by atoms with Crippen molar-refractivity contribution in [2.75, 3.05) is 0 Å². The van der Waals surface area contributed by atoms with E-state index in [-0.39, 0.29) is 0 Å². The molecule has 1 spiro atoms. The third-order valence-electron chi connectivity index (χ3n) is 9.15. The molecule has 4 aromatic carbocycles. The van der Waals surface area contributed by atoms with Crippen LogP contribution in [-0.2, 0) is 14.7 Å². The van der Waals surface area contributed by atoms with Gasteiger partial charge in [-0.15, -0.1) is 0 Å². The molecule has 2 aliphatic carbocycles. The Kier molecular flexibility index (Phi) is 3.97. The van der Waals surface area contributed by atoms with Crippen LogP contribution in [0.3, 0.4) is 0 Å². The van der Waals surface area contributed by atoms with Crippen molar-refractivity contribution < 1.29 is 13.7 Å². The third kappa shape index (κ3) is 2.46. The van der Waals surface area contributed by atoms with Crippen LogP contribution in [0.1, 0.15) is 50.1 Å². The van der Waals surface area contributed by atoms with Gasteiger partial charge in [0.25, 0.3) is 0 Å². The van der Waals surface area contributed by atoms with Gasteiger partial charge in [-0.3, -0.25) is 0 Å². The largest absolute Gasteiger partial charge is 0.495 e. The summed E-state index contributed by atoms with van der Waals surface area (Å²) in [5, 5.41) is 1.13. The number of para-hydroxylation sites is 1. The van der Waals surface area contributed by atoms with Gasteiger partial charge in [0.1, 0.15) is 16.8 Å². The predicted octanol–water partition coefficient (Wildman–Crippen LogP) is 7.08. The van der Waals surface area contributed by atoms with Crippen LogP contribution in [0.2, 0.25) is 0 Å². The molecule has 0 amide bonds. The second kappa shape index (κ2) is 6.83. The summed E-state index contributed by atoms with van der Waals surface area (Å²) in [6.07, 6.45) is 0. The highest BCUT2D eigenvalue weighted by Crippen LogP contribution is 2.64. The fraction of sp³-hybridized carbons (Fsp3) is 0.212. The SMILES string of the molecule is CC1(C)OB(c2cccc3c2-c2c(oc4ccccc24)C32c3ccccc3-c3ccccc32)OC1(C)C. The molecule has 3 nitrogen and oxygen atoms in total. The molecule has 1 fully saturated rings. The lowest BCUT2D eigenvalue weighted by Crippen LogP contribution is -2.41. The van der Waals surface area contributed by atoms with E-state index in [0.29, 0.717) is 0 Å². The first-order chi connectivity index (χ1) is 17.8. The van der Waals surface area contributed by atoms with Gasteiger partial charge >= 0.3 is 7.12 Å². The molecule has 4 heteroatoms. The molecule has 8 rings (SSSR count). The summed E-state index contributed by atoms with van der Waals surface area (Å²) in [4.78, 5) is 0. The number of fused-ring (bicyclic) bond motifs is 12. The molecule has 0 bridgehead atoms. The summed E-state index contributed by atoms with van der Waals surface area (Å²) in [5.74, 6) is 0.991. The van der Waals surface area contributed by atoms with Crippen LogP contribution in [0, 0.1) is 0 Å². The zero-order valence-electron chi connectivity index (χ0n) is 21.5. The van der Waals surface area contributed by atoms with Gasteiger partial charge < -0.3 is 13.7 Å². The van der Waals surface area contributed by atoms with E-state index in [2.05, 4.69) is 113 Å². The standard InChI is InChI=1S/C33H27BO3/c1-31(2)32(3,4)37-34(36-31)26-18-11-17-25-29(26)28-22-14-7-10-19-27(22)35-30(28)33(25)23-15-8-5-12-20(23)21-13-6-9-16-24(21)33/h5-19H,1-4H3. The second-order valence-electron chi connectivity index (χ2n) is 11.5. The molecule has 0 unspecified atom stereocenters. The highest BCUT2D eigenvalue weighted by Gasteiger charge is 2.58. The van der Waals surface area contributed by atoms with Crippen molar-refractivity contribution in [2.24, 2.45) is 0 Å². The van der Waals surface area contributed by atoms with Gasteiger partial charge in [-0.2, -0.15) is 0 Å². The normalized spacial score (nSPS) is 19.2. The molecule has 37 heavy (non-hydrogen) atoms. The van der Waals surface area contributed by atoms with Crippen molar-refractivity contribution in [3.8, 4) is 22.3 Å². The molecule has 3 aliphatic rings. The van der Waals surface area contributed by atoms with Crippen LogP contribution in [0.4, 0.5) is 0 Å². The molecule has 1 aromatic heterocycles. The predicted molar refractivity (Wildman–Crippen MR) is 148 cm³/mol. The van der Waals surface area contributed by atoms with Crippen molar-refractivity contribution in [3.05, 3.63) is 113 Å². The smallest absolute Gasteiger partial charge is 0.459 e. The summed E-state index contributed by atoms with van der Waals surface area (Å²) in [5.41, 5.74) is 9.20. The van der Waals surface area contributed by atoms with E-state index in [4.69, 9.17) is 13.7 Å². The highest BCUT2D eigenvalue weighted by molar-refractivity contribution is 6.64. The number of hydrogen-bond acceptors (Lipinski definition) is 3. The first kappa shape index (κ1) is 21.5. The first-order valence-electron chi connectivity index (χ1n) is 13.1. The van der Waals surface area contributed by atoms with Crippen molar-refractivity contribution >= 4 is 23.6 Å². The van der Waals surface area contributed by atoms with E-state index in [1.165, 1.54) is 33.4 Å². The Hall–Kier alpha value is -3.60. The number of hydrogen-bond donors (Lipinski definition) is 0. The third-order valence-corrected chi connectivity index (χ3v) is 9.15. The fourth-order valence-corrected chi connectivity index (χ4v) is 6.78. The maximum atomic E-state index is 6.86. The average molecular weight is 482 g/mol. The second-order valence-corrected chi connectivity index (χ2v) is 11.5. The van der Waals surface area contributed by atoms with Crippen LogP contribution in [0.15, 0.2) is 95.4 Å². The Morgan fingerprint density at radius 3 is 1.81 bits per heavy atom. The molecule has 0 saturated carbocycles. The topological polar surface area (TPSA) is 31.6 Å². The van der Waals surface area contributed by atoms with Gasteiger partial charge in [0.2, 0.25) is 0 Å². The van der Waals surface area contributed by atoms with Crippen LogP contribution < -0.4 is 5.46 Å². The quantitative estimate of drug-likeness (QED) is 0.235. The Labute approximate surface area is 217 Å². The number of benzene rings is 4. The molecule has 1 aliphatic heterocycles. The molecule has 0 atom stereocenters. The van der Waals surface area contributed by atoms with Crippen molar-refractivity contribution in [2.45, 2.75) is 44.3 Å². The molecular formula is C33H27BO3. The lowest BCUT2D eigenvalue weighted by Gasteiger charge is -2.32. The molecule has 0 N–H and O–H groups in total. The van der Waals surface area contributed by atoms with E-state index in [0.717, 1.165) is 27.8 Å².